The highest BCUT2D eigenvalue weighted by Gasteiger charge is 2.31. The lowest BCUT2D eigenvalue weighted by molar-refractivity contribution is 0.0764. The van der Waals surface area contributed by atoms with E-state index in [-0.39, 0.29) is 6.04 Å². The third-order valence-electron chi connectivity index (χ3n) is 4.67. The minimum absolute atomic E-state index is 0.229. The maximum Gasteiger partial charge on any atom is 0.0966 e. The fraction of sp³-hybridized carbons (Fsp3) is 0.500. The van der Waals surface area contributed by atoms with Crippen LogP contribution in [0, 0.1) is 0 Å². The van der Waals surface area contributed by atoms with Crippen molar-refractivity contribution >= 4 is 10.9 Å². The highest BCUT2D eigenvalue weighted by molar-refractivity contribution is 5.82. The van der Waals surface area contributed by atoms with E-state index < -0.39 is 6.10 Å². The van der Waals surface area contributed by atoms with Crippen LogP contribution in [-0.4, -0.2) is 34.1 Å². The van der Waals surface area contributed by atoms with Crippen LogP contribution in [0.3, 0.4) is 0 Å². The fourth-order valence-corrected chi connectivity index (χ4v) is 3.46. The van der Waals surface area contributed by atoms with Crippen LogP contribution in [0.2, 0.25) is 0 Å². The number of hydrogen-bond donors (Lipinski definition) is 1. The van der Waals surface area contributed by atoms with Crippen LogP contribution >= 0.6 is 0 Å². The Balaban J connectivity index is 2.02. The zero-order chi connectivity index (χ0) is 14.8. The molecule has 2 unspecified atom stereocenters. The molecule has 0 saturated carbocycles. The summed E-state index contributed by atoms with van der Waals surface area (Å²) in [6.45, 7) is 6.38. The summed E-state index contributed by atoms with van der Waals surface area (Å²) in [6.07, 6.45) is 2.72. The summed E-state index contributed by atoms with van der Waals surface area (Å²) >= 11 is 0. The molecule has 1 saturated heterocycles. The van der Waals surface area contributed by atoms with Gasteiger partial charge in [0.1, 0.15) is 0 Å². The Morgan fingerprint density at radius 1 is 1.29 bits per heavy atom. The summed E-state index contributed by atoms with van der Waals surface area (Å²) in [5.74, 6) is 0. The third-order valence-corrected chi connectivity index (χ3v) is 4.67. The van der Waals surface area contributed by atoms with Gasteiger partial charge >= 0.3 is 0 Å². The minimum Gasteiger partial charge on any atom is -0.387 e. The molecule has 1 aromatic carbocycles. The van der Waals surface area contributed by atoms with Crippen molar-refractivity contribution in [2.45, 2.75) is 45.3 Å². The first-order valence-electron chi connectivity index (χ1n) is 8.05. The first-order chi connectivity index (χ1) is 10.2. The van der Waals surface area contributed by atoms with E-state index in [0.717, 1.165) is 48.1 Å². The van der Waals surface area contributed by atoms with Crippen LogP contribution in [0.15, 0.2) is 30.3 Å². The van der Waals surface area contributed by atoms with Crippen molar-refractivity contribution in [3.05, 3.63) is 41.6 Å². The molecular formula is C18H24N2O. The summed E-state index contributed by atoms with van der Waals surface area (Å²) < 4.78 is 0. The van der Waals surface area contributed by atoms with E-state index in [1.807, 2.05) is 12.1 Å². The smallest absolute Gasteiger partial charge is 0.0966 e. The van der Waals surface area contributed by atoms with Crippen LogP contribution in [0.25, 0.3) is 10.9 Å². The molecule has 0 amide bonds. The van der Waals surface area contributed by atoms with Crippen molar-refractivity contribution in [3.63, 3.8) is 0 Å². The third kappa shape index (κ3) is 2.68. The largest absolute Gasteiger partial charge is 0.387 e. The zero-order valence-corrected chi connectivity index (χ0v) is 12.9. The lowest BCUT2D eigenvalue weighted by Crippen LogP contribution is -2.34. The zero-order valence-electron chi connectivity index (χ0n) is 12.9. The number of likely N-dealkylation sites (N-methyl/N-ethyl adjacent to an activating group) is 1. The molecule has 1 aliphatic heterocycles. The van der Waals surface area contributed by atoms with Gasteiger partial charge in [-0.3, -0.25) is 9.88 Å². The first kappa shape index (κ1) is 14.5. The molecule has 1 N–H and O–H groups in total. The van der Waals surface area contributed by atoms with Crippen molar-refractivity contribution in [3.8, 4) is 0 Å². The van der Waals surface area contributed by atoms with E-state index in [1.54, 1.807) is 0 Å². The number of pyridine rings is 1. The fourth-order valence-electron chi connectivity index (χ4n) is 3.46. The summed E-state index contributed by atoms with van der Waals surface area (Å²) in [5.41, 5.74) is 3.03. The average molecular weight is 284 g/mol. The van der Waals surface area contributed by atoms with E-state index in [4.69, 9.17) is 4.98 Å². The number of rotatable bonds is 4. The average Bonchev–Trinajstić information content (AvgIpc) is 3.01. The Hall–Kier alpha value is -1.45. The molecule has 0 spiro atoms. The van der Waals surface area contributed by atoms with E-state index in [2.05, 4.69) is 36.9 Å². The van der Waals surface area contributed by atoms with Crippen molar-refractivity contribution in [2.75, 3.05) is 13.1 Å². The number of nitrogens with zero attached hydrogens (tertiary/aromatic N) is 2. The molecule has 2 heterocycles. The van der Waals surface area contributed by atoms with E-state index >= 15 is 0 Å². The van der Waals surface area contributed by atoms with Crippen LogP contribution in [0.5, 0.6) is 0 Å². The van der Waals surface area contributed by atoms with Gasteiger partial charge in [0.2, 0.25) is 0 Å². The number of likely N-dealkylation sites (tertiary alicyclic amines) is 1. The van der Waals surface area contributed by atoms with Crippen molar-refractivity contribution in [1.82, 2.24) is 9.88 Å². The van der Waals surface area contributed by atoms with Gasteiger partial charge in [-0.05, 0) is 38.4 Å². The van der Waals surface area contributed by atoms with Crippen LogP contribution in [0.1, 0.15) is 44.1 Å². The molecule has 3 rings (SSSR count). The maximum absolute atomic E-state index is 10.9. The summed E-state index contributed by atoms with van der Waals surface area (Å²) in [5, 5.41) is 12.0. The van der Waals surface area contributed by atoms with Crippen molar-refractivity contribution in [2.24, 2.45) is 0 Å². The standard InChI is InChI=1S/C18H24N2O/c1-3-14-11-10-13-7-5-8-15(17(13)19-14)18(21)16-9-6-12-20(16)4-2/h5,7-8,10-11,16,18,21H,3-4,6,9,12H2,1-2H3. The Kier molecular flexibility index (Phi) is 4.22. The van der Waals surface area contributed by atoms with Gasteiger partial charge in [0.05, 0.1) is 11.6 Å². The van der Waals surface area contributed by atoms with Gasteiger partial charge < -0.3 is 5.11 Å². The molecular weight excluding hydrogens is 260 g/mol. The maximum atomic E-state index is 10.9. The molecule has 0 bridgehead atoms. The Labute approximate surface area is 126 Å². The van der Waals surface area contributed by atoms with Crippen LogP contribution in [-0.2, 0) is 6.42 Å². The predicted octanol–water partition coefficient (Wildman–Crippen LogP) is 3.31. The molecule has 21 heavy (non-hydrogen) atoms. The minimum atomic E-state index is -0.448. The van der Waals surface area contributed by atoms with Crippen LogP contribution in [0.4, 0.5) is 0 Å². The number of fused-ring (bicyclic) bond motifs is 1. The molecule has 0 aliphatic carbocycles. The first-order valence-corrected chi connectivity index (χ1v) is 8.05. The molecule has 2 atom stereocenters. The summed E-state index contributed by atoms with van der Waals surface area (Å²) in [4.78, 5) is 7.14. The molecule has 1 aromatic heterocycles. The Morgan fingerprint density at radius 2 is 2.14 bits per heavy atom. The molecule has 2 aromatic rings. The number of hydrogen-bond acceptors (Lipinski definition) is 3. The number of aromatic nitrogens is 1. The Bertz CT molecular complexity index is 626. The van der Waals surface area contributed by atoms with Gasteiger partial charge in [0.25, 0.3) is 0 Å². The summed E-state index contributed by atoms with van der Waals surface area (Å²) in [6, 6.07) is 10.6. The molecule has 3 heteroatoms. The number of aryl methyl sites for hydroxylation is 1. The second kappa shape index (κ2) is 6.12. The summed E-state index contributed by atoms with van der Waals surface area (Å²) in [7, 11) is 0. The van der Waals surface area contributed by atoms with Gasteiger partial charge in [-0.1, -0.05) is 38.1 Å². The molecule has 1 fully saturated rings. The number of aliphatic hydroxyl groups is 1. The molecule has 0 radical (unpaired) electrons. The van der Waals surface area contributed by atoms with E-state index in [0.29, 0.717) is 0 Å². The van der Waals surface area contributed by atoms with E-state index in [9.17, 15) is 5.11 Å². The predicted molar refractivity (Wildman–Crippen MR) is 86.3 cm³/mol. The molecule has 1 aliphatic rings. The lowest BCUT2D eigenvalue weighted by atomic mass is 9.97. The van der Waals surface area contributed by atoms with Gasteiger partial charge in [-0.2, -0.15) is 0 Å². The highest BCUT2D eigenvalue weighted by Crippen LogP contribution is 2.32. The van der Waals surface area contributed by atoms with Gasteiger partial charge in [0.15, 0.2) is 0 Å². The molecule has 112 valence electrons. The van der Waals surface area contributed by atoms with Crippen LogP contribution < -0.4 is 0 Å². The topological polar surface area (TPSA) is 36.4 Å². The van der Waals surface area contributed by atoms with Gasteiger partial charge in [0, 0.05) is 22.7 Å². The van der Waals surface area contributed by atoms with Gasteiger partial charge in [-0.25, -0.2) is 0 Å². The lowest BCUT2D eigenvalue weighted by Gasteiger charge is -2.28. The second-order valence-electron chi connectivity index (χ2n) is 5.86. The van der Waals surface area contributed by atoms with E-state index in [1.165, 1.54) is 6.42 Å². The normalized spacial score (nSPS) is 21.0. The van der Waals surface area contributed by atoms with Crippen molar-refractivity contribution < 1.29 is 5.11 Å². The monoisotopic (exact) mass is 284 g/mol. The number of para-hydroxylation sites is 1. The SMILES string of the molecule is CCc1ccc2cccc(C(O)C3CCCN3CC)c2n1. The highest BCUT2D eigenvalue weighted by atomic mass is 16.3. The number of aliphatic hydroxyl groups excluding tert-OH is 1. The molecule has 3 nitrogen and oxygen atoms in total. The Morgan fingerprint density at radius 3 is 2.90 bits per heavy atom. The quantitative estimate of drug-likeness (QED) is 0.935. The second-order valence-corrected chi connectivity index (χ2v) is 5.86. The number of benzene rings is 1. The van der Waals surface area contributed by atoms with Gasteiger partial charge in [-0.15, -0.1) is 0 Å². The van der Waals surface area contributed by atoms with Crippen molar-refractivity contribution in [1.29, 1.82) is 0 Å².